The van der Waals surface area contributed by atoms with Gasteiger partial charge >= 0.3 is 5.97 Å². The van der Waals surface area contributed by atoms with Gasteiger partial charge in [-0.15, -0.1) is 0 Å². The van der Waals surface area contributed by atoms with Crippen LogP contribution in [-0.2, 0) is 9.53 Å². The minimum absolute atomic E-state index is 0.0449. The number of aromatic nitrogens is 2. The molecule has 4 aromatic rings. The van der Waals surface area contributed by atoms with Gasteiger partial charge in [-0.2, -0.15) is 5.26 Å². The van der Waals surface area contributed by atoms with Crippen molar-refractivity contribution in [3.63, 3.8) is 0 Å². The van der Waals surface area contributed by atoms with Crippen molar-refractivity contribution in [1.29, 1.82) is 5.26 Å². The van der Waals surface area contributed by atoms with Crippen LogP contribution in [0.2, 0.25) is 0 Å². The van der Waals surface area contributed by atoms with E-state index < -0.39 is 5.97 Å². The number of rotatable bonds is 6. The summed E-state index contributed by atoms with van der Waals surface area (Å²) < 4.78 is 21.6. The molecule has 2 aromatic carbocycles. The van der Waals surface area contributed by atoms with Gasteiger partial charge in [0.2, 0.25) is 12.7 Å². The average Bonchev–Trinajstić information content (AvgIpc) is 3.64. The number of methoxy groups -OCH3 is 1. The van der Waals surface area contributed by atoms with Crippen molar-refractivity contribution in [2.24, 2.45) is 0 Å². The number of nitriles is 1. The number of nitrogens with zero attached hydrogens (tertiary/aromatic N) is 2. The number of anilines is 1. The molecule has 2 N–H and O–H groups in total. The molecule has 0 radical (unpaired) electrons. The summed E-state index contributed by atoms with van der Waals surface area (Å²) in [5.41, 5.74) is 3.90. The molecule has 1 amide bonds. The Labute approximate surface area is 226 Å². The van der Waals surface area contributed by atoms with Crippen molar-refractivity contribution in [1.82, 2.24) is 9.97 Å². The molecule has 0 spiro atoms. The molecule has 4 heterocycles. The van der Waals surface area contributed by atoms with Crippen LogP contribution in [0.4, 0.5) is 5.69 Å². The van der Waals surface area contributed by atoms with Gasteiger partial charge in [-0.05, 0) is 37.3 Å². The monoisotopic (exact) mass is 540 g/mol. The van der Waals surface area contributed by atoms with Crippen molar-refractivity contribution < 1.29 is 28.5 Å². The standard InChI is InChI=1S/C28H20N4O6S/c1-14-5-19-22(7-16-11-30-20-4-3-17(35-2)8-18(16)20)38-28(34)26(19)27(31-14)39-12-25(33)32-21-9-24-23(36-13-37-24)6-15(21)10-29/h3-9,11,30H,12-13H2,1-2H3,(H,32,33). The van der Waals surface area contributed by atoms with Crippen LogP contribution >= 0.6 is 11.8 Å². The molecule has 2 aromatic heterocycles. The number of H-pyrrole nitrogens is 1. The summed E-state index contributed by atoms with van der Waals surface area (Å²) in [6.45, 7) is 1.87. The molecule has 0 unspecified atom stereocenters. The SMILES string of the molecule is COc1ccc2[nH]cc(C=C3OC(=O)c4c3cc(C)nc4SCC(=O)Nc3cc4c(cc3C#N)OCO4)c2c1. The topological polar surface area (TPSA) is 136 Å². The van der Waals surface area contributed by atoms with Crippen molar-refractivity contribution in [3.05, 3.63) is 70.5 Å². The van der Waals surface area contributed by atoms with E-state index in [1.54, 1.807) is 25.3 Å². The first kappa shape index (κ1) is 24.4. The molecule has 2 aliphatic rings. The second-order valence-corrected chi connectivity index (χ2v) is 9.71. The first-order valence-electron chi connectivity index (χ1n) is 11.8. The lowest BCUT2D eigenvalue weighted by Crippen LogP contribution is -2.15. The average molecular weight is 541 g/mol. The van der Waals surface area contributed by atoms with Crippen LogP contribution in [0, 0.1) is 18.3 Å². The van der Waals surface area contributed by atoms with Crippen LogP contribution in [0.25, 0.3) is 22.7 Å². The Bertz CT molecular complexity index is 1750. The fraction of sp³-hybridized carbons (Fsp3) is 0.143. The number of hydrogen-bond acceptors (Lipinski definition) is 9. The first-order chi connectivity index (χ1) is 18.9. The molecule has 0 aliphatic carbocycles. The molecule has 10 nitrogen and oxygen atoms in total. The Morgan fingerprint density at radius 2 is 2.08 bits per heavy atom. The third kappa shape index (κ3) is 4.51. The molecule has 0 saturated carbocycles. The van der Waals surface area contributed by atoms with Crippen LogP contribution in [0.1, 0.15) is 32.7 Å². The molecule has 0 saturated heterocycles. The van der Waals surface area contributed by atoms with E-state index in [2.05, 4.69) is 15.3 Å². The van der Waals surface area contributed by atoms with E-state index in [9.17, 15) is 14.9 Å². The quantitative estimate of drug-likeness (QED) is 0.259. The summed E-state index contributed by atoms with van der Waals surface area (Å²) in [7, 11) is 1.60. The summed E-state index contributed by atoms with van der Waals surface area (Å²) in [6.07, 6.45) is 3.63. The molecule has 0 bridgehead atoms. The fourth-order valence-electron chi connectivity index (χ4n) is 4.42. The van der Waals surface area contributed by atoms with Crippen LogP contribution in [0.15, 0.2) is 47.6 Å². The Hall–Kier alpha value is -4.95. The highest BCUT2D eigenvalue weighted by atomic mass is 32.2. The number of aromatic amines is 1. The number of aryl methyl sites for hydroxylation is 1. The summed E-state index contributed by atoms with van der Waals surface area (Å²) in [6, 6.07) is 12.6. The highest BCUT2D eigenvalue weighted by Gasteiger charge is 2.32. The van der Waals surface area contributed by atoms with Gasteiger partial charge in [0.05, 0.1) is 24.1 Å². The Morgan fingerprint density at radius 1 is 1.26 bits per heavy atom. The van der Waals surface area contributed by atoms with Crippen LogP contribution in [0.3, 0.4) is 0 Å². The maximum atomic E-state index is 12.9. The normalized spacial score (nSPS) is 14.3. The molecule has 0 atom stereocenters. The number of ether oxygens (including phenoxy) is 4. The van der Waals surface area contributed by atoms with E-state index in [1.165, 1.54) is 6.07 Å². The number of amides is 1. The van der Waals surface area contributed by atoms with Crippen molar-refractivity contribution in [3.8, 4) is 23.3 Å². The molecule has 2 aliphatic heterocycles. The minimum atomic E-state index is -0.536. The zero-order valence-corrected chi connectivity index (χ0v) is 21.6. The number of thioether (sulfide) groups is 1. The third-order valence-corrected chi connectivity index (χ3v) is 7.22. The summed E-state index contributed by atoms with van der Waals surface area (Å²) in [4.78, 5) is 33.4. The molecular weight excluding hydrogens is 520 g/mol. The fourth-order valence-corrected chi connectivity index (χ4v) is 5.31. The van der Waals surface area contributed by atoms with Crippen LogP contribution in [-0.4, -0.2) is 41.5 Å². The van der Waals surface area contributed by atoms with Gasteiger partial charge in [0, 0.05) is 46.1 Å². The Morgan fingerprint density at radius 3 is 2.87 bits per heavy atom. The van der Waals surface area contributed by atoms with Crippen LogP contribution in [0.5, 0.6) is 17.2 Å². The first-order valence-corrected chi connectivity index (χ1v) is 12.8. The van der Waals surface area contributed by atoms with E-state index in [0.29, 0.717) is 50.5 Å². The van der Waals surface area contributed by atoms with Crippen LogP contribution < -0.4 is 19.5 Å². The molecule has 194 valence electrons. The molecule has 39 heavy (non-hydrogen) atoms. The highest BCUT2D eigenvalue weighted by Crippen LogP contribution is 2.39. The van der Waals surface area contributed by atoms with E-state index in [1.807, 2.05) is 37.4 Å². The van der Waals surface area contributed by atoms with Crippen molar-refractivity contribution in [2.75, 3.05) is 25.0 Å². The number of fused-ring (bicyclic) bond motifs is 3. The largest absolute Gasteiger partial charge is 0.497 e. The molecular formula is C28H20N4O6S. The van der Waals surface area contributed by atoms with Gasteiger partial charge in [0.25, 0.3) is 0 Å². The number of nitrogens with one attached hydrogen (secondary N) is 2. The number of cyclic esters (lactones) is 1. The summed E-state index contributed by atoms with van der Waals surface area (Å²) >= 11 is 1.11. The van der Waals surface area contributed by atoms with Crippen molar-refractivity contribution in [2.45, 2.75) is 11.9 Å². The lowest BCUT2D eigenvalue weighted by molar-refractivity contribution is -0.113. The van der Waals surface area contributed by atoms with E-state index >= 15 is 0 Å². The highest BCUT2D eigenvalue weighted by molar-refractivity contribution is 8.00. The zero-order valence-electron chi connectivity index (χ0n) is 20.8. The number of carbonyl (C=O) groups is 2. The summed E-state index contributed by atoms with van der Waals surface area (Å²) in [5.74, 6) is 1.06. The number of esters is 1. The maximum Gasteiger partial charge on any atom is 0.347 e. The van der Waals surface area contributed by atoms with Gasteiger partial charge in [0.1, 0.15) is 28.2 Å². The number of carbonyl (C=O) groups excluding carboxylic acids is 2. The zero-order chi connectivity index (χ0) is 27.1. The van der Waals surface area contributed by atoms with Gasteiger partial charge < -0.3 is 29.2 Å². The van der Waals surface area contributed by atoms with Crippen molar-refractivity contribution >= 4 is 52.1 Å². The van der Waals surface area contributed by atoms with Gasteiger partial charge in [-0.3, -0.25) is 4.79 Å². The maximum absolute atomic E-state index is 12.9. The lowest BCUT2D eigenvalue weighted by Gasteiger charge is -2.09. The minimum Gasteiger partial charge on any atom is -0.497 e. The van der Waals surface area contributed by atoms with E-state index in [0.717, 1.165) is 28.2 Å². The lowest BCUT2D eigenvalue weighted by atomic mass is 10.1. The summed E-state index contributed by atoms with van der Waals surface area (Å²) in [5, 5.41) is 13.5. The molecule has 0 fully saturated rings. The number of benzene rings is 2. The Kier molecular flexibility index (Phi) is 6.09. The second kappa shape index (κ2) is 9.74. The second-order valence-electron chi connectivity index (χ2n) is 8.74. The van der Waals surface area contributed by atoms with E-state index in [4.69, 9.17) is 18.9 Å². The smallest absolute Gasteiger partial charge is 0.347 e. The predicted molar refractivity (Wildman–Crippen MR) is 144 cm³/mol. The third-order valence-electron chi connectivity index (χ3n) is 6.24. The molecule has 6 rings (SSSR count). The predicted octanol–water partition coefficient (Wildman–Crippen LogP) is 4.88. The van der Waals surface area contributed by atoms with Gasteiger partial charge in [-0.25, -0.2) is 9.78 Å². The Balaban J connectivity index is 1.25. The number of hydrogen-bond donors (Lipinski definition) is 2. The number of pyridine rings is 1. The molecule has 11 heteroatoms. The van der Waals surface area contributed by atoms with Gasteiger partial charge in [0.15, 0.2) is 11.5 Å². The van der Waals surface area contributed by atoms with Gasteiger partial charge in [-0.1, -0.05) is 11.8 Å². The van der Waals surface area contributed by atoms with E-state index in [-0.39, 0.29) is 24.0 Å².